The summed E-state index contributed by atoms with van der Waals surface area (Å²) in [6.45, 7) is 8.52. The molecule has 0 aliphatic heterocycles. The highest BCUT2D eigenvalue weighted by molar-refractivity contribution is 5.81. The molecule has 0 saturated heterocycles. The van der Waals surface area contributed by atoms with E-state index in [1.54, 1.807) is 0 Å². The van der Waals surface area contributed by atoms with E-state index < -0.39 is 5.60 Å². The van der Waals surface area contributed by atoms with Gasteiger partial charge in [-0.25, -0.2) is 0 Å². The van der Waals surface area contributed by atoms with Gasteiger partial charge in [0, 0.05) is 12.0 Å². The third-order valence-corrected chi connectivity index (χ3v) is 4.28. The van der Waals surface area contributed by atoms with E-state index in [2.05, 4.69) is 12.2 Å². The molecular formula is C14H27NO2. The van der Waals surface area contributed by atoms with Gasteiger partial charge in [-0.2, -0.15) is 0 Å². The van der Waals surface area contributed by atoms with Crippen LogP contribution >= 0.6 is 0 Å². The number of hydrogen-bond acceptors (Lipinski definition) is 2. The maximum absolute atomic E-state index is 11.9. The minimum atomic E-state index is -0.675. The molecule has 0 aromatic rings. The van der Waals surface area contributed by atoms with Crippen molar-refractivity contribution in [1.29, 1.82) is 0 Å². The van der Waals surface area contributed by atoms with Gasteiger partial charge in [0.25, 0.3) is 0 Å². The lowest BCUT2D eigenvalue weighted by molar-refractivity contribution is -0.131. The van der Waals surface area contributed by atoms with Crippen molar-refractivity contribution in [2.45, 2.75) is 65.4 Å². The summed E-state index contributed by atoms with van der Waals surface area (Å²) in [6, 6.07) is 0. The fourth-order valence-corrected chi connectivity index (χ4v) is 2.12. The zero-order chi connectivity index (χ0) is 13.1. The second-order valence-corrected chi connectivity index (χ2v) is 6.33. The quantitative estimate of drug-likeness (QED) is 0.794. The molecule has 0 unspecified atom stereocenters. The Morgan fingerprint density at radius 1 is 1.41 bits per heavy atom. The van der Waals surface area contributed by atoms with Crippen molar-refractivity contribution in [3.05, 3.63) is 0 Å². The van der Waals surface area contributed by atoms with Crippen molar-refractivity contribution in [2.24, 2.45) is 11.3 Å². The van der Waals surface area contributed by atoms with Crippen LogP contribution in [0, 0.1) is 11.3 Å². The van der Waals surface area contributed by atoms with Crippen LogP contribution in [-0.4, -0.2) is 23.2 Å². The van der Waals surface area contributed by atoms with Gasteiger partial charge in [-0.1, -0.05) is 27.7 Å². The maximum atomic E-state index is 11.9. The summed E-state index contributed by atoms with van der Waals surface area (Å²) < 4.78 is 0. The van der Waals surface area contributed by atoms with Gasteiger partial charge in [-0.15, -0.1) is 0 Å². The molecule has 0 heterocycles. The molecule has 0 radical (unpaired) electrons. The van der Waals surface area contributed by atoms with Crippen molar-refractivity contribution >= 4 is 5.91 Å². The Labute approximate surface area is 105 Å². The van der Waals surface area contributed by atoms with Crippen molar-refractivity contribution in [2.75, 3.05) is 6.54 Å². The summed E-state index contributed by atoms with van der Waals surface area (Å²) >= 11 is 0. The summed E-state index contributed by atoms with van der Waals surface area (Å²) in [5.41, 5.74) is -1.01. The van der Waals surface area contributed by atoms with Crippen molar-refractivity contribution in [1.82, 2.24) is 5.32 Å². The SMILES string of the molecule is CCC(C)(C)C(=O)NCC1(O)CCC(C)CC1. The lowest BCUT2D eigenvalue weighted by atomic mass is 9.79. The summed E-state index contributed by atoms with van der Waals surface area (Å²) in [5, 5.41) is 13.3. The fourth-order valence-electron chi connectivity index (χ4n) is 2.12. The van der Waals surface area contributed by atoms with Crippen LogP contribution in [0.1, 0.15) is 59.8 Å². The molecule has 1 rings (SSSR count). The van der Waals surface area contributed by atoms with Gasteiger partial charge >= 0.3 is 0 Å². The second-order valence-electron chi connectivity index (χ2n) is 6.33. The lowest BCUT2D eigenvalue weighted by Gasteiger charge is -2.35. The van der Waals surface area contributed by atoms with Gasteiger partial charge in [0.1, 0.15) is 0 Å². The molecule has 0 spiro atoms. The molecule has 0 bridgehead atoms. The average molecular weight is 241 g/mol. The number of rotatable bonds is 4. The largest absolute Gasteiger partial charge is 0.388 e. The van der Waals surface area contributed by atoms with Crippen molar-refractivity contribution in [3.8, 4) is 0 Å². The number of carbonyl (C=O) groups excluding carboxylic acids is 1. The van der Waals surface area contributed by atoms with Crippen LogP contribution < -0.4 is 5.32 Å². The molecule has 1 fully saturated rings. The minimum Gasteiger partial charge on any atom is -0.388 e. The van der Waals surface area contributed by atoms with Crippen LogP contribution in [0.5, 0.6) is 0 Å². The van der Waals surface area contributed by atoms with Crippen LogP contribution in [0.25, 0.3) is 0 Å². The van der Waals surface area contributed by atoms with Crippen LogP contribution in [0.2, 0.25) is 0 Å². The van der Waals surface area contributed by atoms with E-state index in [-0.39, 0.29) is 11.3 Å². The Kier molecular flexibility index (Phi) is 4.59. The Bertz CT molecular complexity index is 265. The Morgan fingerprint density at radius 3 is 2.41 bits per heavy atom. The zero-order valence-corrected chi connectivity index (χ0v) is 11.7. The summed E-state index contributed by atoms with van der Waals surface area (Å²) in [6.07, 6.45) is 4.55. The Morgan fingerprint density at radius 2 is 1.94 bits per heavy atom. The minimum absolute atomic E-state index is 0.0482. The third-order valence-electron chi connectivity index (χ3n) is 4.28. The van der Waals surface area contributed by atoms with Crippen LogP contribution in [-0.2, 0) is 4.79 Å². The molecule has 1 aliphatic carbocycles. The van der Waals surface area contributed by atoms with E-state index in [1.165, 1.54) is 0 Å². The number of hydrogen-bond donors (Lipinski definition) is 2. The topological polar surface area (TPSA) is 49.3 Å². The molecule has 1 aliphatic rings. The number of nitrogens with one attached hydrogen (secondary N) is 1. The van der Waals surface area contributed by atoms with Gasteiger partial charge in [0.05, 0.1) is 5.60 Å². The first-order valence-electron chi connectivity index (χ1n) is 6.80. The normalized spacial score (nSPS) is 30.1. The number of carbonyl (C=O) groups is 1. The predicted molar refractivity (Wildman–Crippen MR) is 69.7 cm³/mol. The first kappa shape index (κ1) is 14.5. The molecule has 1 saturated carbocycles. The standard InChI is InChI=1S/C14H27NO2/c1-5-13(3,4)12(16)15-10-14(17)8-6-11(2)7-9-14/h11,17H,5-10H2,1-4H3,(H,15,16). The molecule has 1 amide bonds. The first-order valence-corrected chi connectivity index (χ1v) is 6.80. The smallest absolute Gasteiger partial charge is 0.225 e. The van der Waals surface area contributed by atoms with E-state index in [9.17, 15) is 9.90 Å². The predicted octanol–water partition coefficient (Wildman–Crippen LogP) is 2.48. The van der Waals surface area contributed by atoms with Crippen molar-refractivity contribution in [3.63, 3.8) is 0 Å². The van der Waals surface area contributed by atoms with E-state index in [4.69, 9.17) is 0 Å². The summed E-state index contributed by atoms with van der Waals surface area (Å²) in [4.78, 5) is 11.9. The summed E-state index contributed by atoms with van der Waals surface area (Å²) in [5.74, 6) is 0.755. The van der Waals surface area contributed by atoms with Gasteiger partial charge in [-0.3, -0.25) is 4.79 Å². The monoisotopic (exact) mass is 241 g/mol. The van der Waals surface area contributed by atoms with E-state index >= 15 is 0 Å². The molecule has 0 atom stereocenters. The number of amides is 1. The first-order chi connectivity index (χ1) is 7.79. The highest BCUT2D eigenvalue weighted by atomic mass is 16.3. The highest BCUT2D eigenvalue weighted by Gasteiger charge is 2.33. The molecule has 17 heavy (non-hydrogen) atoms. The molecule has 3 heteroatoms. The molecule has 3 nitrogen and oxygen atoms in total. The van der Waals surface area contributed by atoms with Gasteiger partial charge in [-0.05, 0) is 38.0 Å². The van der Waals surface area contributed by atoms with E-state index in [0.717, 1.165) is 32.1 Å². The average Bonchev–Trinajstić information content (AvgIpc) is 2.30. The molecule has 0 aromatic heterocycles. The Balaban J connectivity index is 2.42. The molecule has 2 N–H and O–H groups in total. The van der Waals surface area contributed by atoms with Crippen LogP contribution in [0.3, 0.4) is 0 Å². The van der Waals surface area contributed by atoms with Gasteiger partial charge < -0.3 is 10.4 Å². The van der Waals surface area contributed by atoms with Gasteiger partial charge in [0.15, 0.2) is 0 Å². The third kappa shape index (κ3) is 3.98. The zero-order valence-electron chi connectivity index (χ0n) is 11.7. The highest BCUT2D eigenvalue weighted by Crippen LogP contribution is 2.31. The van der Waals surface area contributed by atoms with E-state index in [1.807, 2.05) is 20.8 Å². The van der Waals surface area contributed by atoms with Crippen LogP contribution in [0.4, 0.5) is 0 Å². The fraction of sp³-hybridized carbons (Fsp3) is 0.929. The lowest BCUT2D eigenvalue weighted by Crippen LogP contribution is -2.48. The number of aliphatic hydroxyl groups is 1. The Hall–Kier alpha value is -0.570. The summed E-state index contributed by atoms with van der Waals surface area (Å²) in [7, 11) is 0. The molecule has 100 valence electrons. The van der Waals surface area contributed by atoms with Gasteiger partial charge in [0.2, 0.25) is 5.91 Å². The van der Waals surface area contributed by atoms with Crippen molar-refractivity contribution < 1.29 is 9.90 Å². The van der Waals surface area contributed by atoms with E-state index in [0.29, 0.717) is 12.5 Å². The maximum Gasteiger partial charge on any atom is 0.225 e. The van der Waals surface area contributed by atoms with Crippen LogP contribution in [0.15, 0.2) is 0 Å². The molecular weight excluding hydrogens is 214 g/mol. The second kappa shape index (κ2) is 5.38. The molecule has 0 aromatic carbocycles.